The Bertz CT molecular complexity index is 456. The Kier molecular flexibility index (Phi) is 4.08. The van der Waals surface area contributed by atoms with Gasteiger partial charge >= 0.3 is 0 Å². The van der Waals surface area contributed by atoms with Crippen molar-refractivity contribution in [2.24, 2.45) is 5.92 Å². The van der Waals surface area contributed by atoms with Crippen LogP contribution in [0.4, 0.5) is 4.39 Å². The molecule has 1 unspecified atom stereocenters. The third-order valence-corrected chi connectivity index (χ3v) is 4.47. The predicted molar refractivity (Wildman–Crippen MR) is 76.9 cm³/mol. The molecule has 1 N–H and O–H groups in total. The number of halogens is 2. The average Bonchev–Trinajstić information content (AvgIpc) is 3.22. The number of benzene rings is 1. The highest BCUT2D eigenvalue weighted by atomic mass is 79.9. The highest BCUT2D eigenvalue weighted by Crippen LogP contribution is 2.38. The van der Waals surface area contributed by atoms with Crippen LogP contribution in [0.15, 0.2) is 16.6 Å². The molecule has 0 amide bonds. The molecule has 0 bridgehead atoms. The van der Waals surface area contributed by atoms with Gasteiger partial charge in [-0.15, -0.1) is 0 Å². The lowest BCUT2D eigenvalue weighted by molar-refractivity contribution is 0.287. The summed E-state index contributed by atoms with van der Waals surface area (Å²) in [6, 6.07) is 3.33. The second-order valence-corrected chi connectivity index (χ2v) is 6.42. The van der Waals surface area contributed by atoms with Crippen LogP contribution in [0.3, 0.4) is 0 Å². The summed E-state index contributed by atoms with van der Waals surface area (Å²) in [5.74, 6) is 1.32. The van der Waals surface area contributed by atoms with E-state index in [1.54, 1.807) is 6.07 Å². The van der Waals surface area contributed by atoms with E-state index in [0.717, 1.165) is 35.4 Å². The summed E-state index contributed by atoms with van der Waals surface area (Å²) < 4.78 is 20.3. The van der Waals surface area contributed by atoms with Gasteiger partial charge in [0.2, 0.25) is 0 Å². The molecule has 2 aliphatic rings. The van der Waals surface area contributed by atoms with E-state index in [1.807, 2.05) is 0 Å². The lowest BCUT2D eigenvalue weighted by Gasteiger charge is -2.26. The molecule has 1 aliphatic heterocycles. The molecule has 104 valence electrons. The summed E-state index contributed by atoms with van der Waals surface area (Å²) >= 11 is 3.44. The van der Waals surface area contributed by atoms with E-state index >= 15 is 0 Å². The van der Waals surface area contributed by atoms with Crippen LogP contribution in [0.25, 0.3) is 0 Å². The van der Waals surface area contributed by atoms with Crippen molar-refractivity contribution in [3.8, 4) is 5.75 Å². The standard InChI is InChI=1S/C15H19BrFNO/c16-13-8-11(17)7-12(14-3-1-2-6-18-14)15(13)19-9-10-4-5-10/h7-8,10,14,18H,1-6,9H2. The summed E-state index contributed by atoms with van der Waals surface area (Å²) in [6.07, 6.45) is 5.96. The first kappa shape index (κ1) is 13.4. The molecule has 1 atom stereocenters. The van der Waals surface area contributed by atoms with Gasteiger partial charge in [-0.3, -0.25) is 0 Å². The van der Waals surface area contributed by atoms with E-state index in [4.69, 9.17) is 4.74 Å². The molecule has 3 rings (SSSR count). The van der Waals surface area contributed by atoms with Gasteiger partial charge in [0.05, 0.1) is 11.1 Å². The second-order valence-electron chi connectivity index (χ2n) is 5.56. The largest absolute Gasteiger partial charge is 0.492 e. The van der Waals surface area contributed by atoms with Gasteiger partial charge < -0.3 is 10.1 Å². The monoisotopic (exact) mass is 327 g/mol. The van der Waals surface area contributed by atoms with Crippen LogP contribution in [-0.4, -0.2) is 13.2 Å². The van der Waals surface area contributed by atoms with Crippen molar-refractivity contribution < 1.29 is 9.13 Å². The lowest BCUT2D eigenvalue weighted by Crippen LogP contribution is -2.27. The zero-order chi connectivity index (χ0) is 13.2. The maximum absolute atomic E-state index is 13.7. The average molecular weight is 328 g/mol. The minimum Gasteiger partial charge on any atom is -0.492 e. The van der Waals surface area contributed by atoms with Crippen molar-refractivity contribution in [1.82, 2.24) is 5.32 Å². The van der Waals surface area contributed by atoms with E-state index < -0.39 is 0 Å². The number of piperidine rings is 1. The fourth-order valence-electron chi connectivity index (χ4n) is 2.59. The first-order valence-corrected chi connectivity index (χ1v) is 7.88. The summed E-state index contributed by atoms with van der Waals surface area (Å²) in [5, 5.41) is 3.47. The summed E-state index contributed by atoms with van der Waals surface area (Å²) in [4.78, 5) is 0. The van der Waals surface area contributed by atoms with Crippen LogP contribution in [0.2, 0.25) is 0 Å². The van der Waals surface area contributed by atoms with Gasteiger partial charge in [0, 0.05) is 11.6 Å². The van der Waals surface area contributed by atoms with Crippen molar-refractivity contribution in [2.45, 2.75) is 38.1 Å². The highest BCUT2D eigenvalue weighted by Gasteiger charge is 2.25. The van der Waals surface area contributed by atoms with Crippen LogP contribution in [0.5, 0.6) is 5.75 Å². The van der Waals surface area contributed by atoms with Crippen LogP contribution in [-0.2, 0) is 0 Å². The van der Waals surface area contributed by atoms with Crippen LogP contribution in [0, 0.1) is 11.7 Å². The second kappa shape index (κ2) is 5.80. The van der Waals surface area contributed by atoms with Crippen molar-refractivity contribution in [3.63, 3.8) is 0 Å². The summed E-state index contributed by atoms with van der Waals surface area (Å²) in [5.41, 5.74) is 0.965. The minimum absolute atomic E-state index is 0.201. The fraction of sp³-hybridized carbons (Fsp3) is 0.600. The quantitative estimate of drug-likeness (QED) is 0.895. The highest BCUT2D eigenvalue weighted by molar-refractivity contribution is 9.10. The first-order valence-electron chi connectivity index (χ1n) is 7.09. The minimum atomic E-state index is -0.201. The van der Waals surface area contributed by atoms with Crippen molar-refractivity contribution in [2.75, 3.05) is 13.2 Å². The Morgan fingerprint density at radius 2 is 2.11 bits per heavy atom. The number of hydrogen-bond donors (Lipinski definition) is 1. The van der Waals surface area contributed by atoms with Gasteiger partial charge in [0.25, 0.3) is 0 Å². The Labute approximate surface area is 121 Å². The van der Waals surface area contributed by atoms with E-state index in [-0.39, 0.29) is 11.9 Å². The van der Waals surface area contributed by atoms with Gasteiger partial charge in [-0.05, 0) is 66.2 Å². The summed E-state index contributed by atoms with van der Waals surface area (Å²) in [7, 11) is 0. The smallest absolute Gasteiger partial charge is 0.138 e. The topological polar surface area (TPSA) is 21.3 Å². The predicted octanol–water partition coefficient (Wildman–Crippen LogP) is 4.19. The zero-order valence-corrected chi connectivity index (χ0v) is 12.5. The number of hydrogen-bond acceptors (Lipinski definition) is 2. The van der Waals surface area contributed by atoms with Crippen molar-refractivity contribution in [1.29, 1.82) is 0 Å². The number of nitrogens with one attached hydrogen (secondary N) is 1. The van der Waals surface area contributed by atoms with Gasteiger partial charge in [0.1, 0.15) is 11.6 Å². The normalized spacial score (nSPS) is 23.4. The van der Waals surface area contributed by atoms with E-state index in [1.165, 1.54) is 31.7 Å². The van der Waals surface area contributed by atoms with Crippen LogP contribution in [0.1, 0.15) is 43.7 Å². The molecule has 0 radical (unpaired) electrons. The molecule has 4 heteroatoms. The molecule has 2 nitrogen and oxygen atoms in total. The first-order chi connectivity index (χ1) is 9.24. The third-order valence-electron chi connectivity index (χ3n) is 3.88. The molecule has 19 heavy (non-hydrogen) atoms. The SMILES string of the molecule is Fc1cc(Br)c(OCC2CC2)c(C2CCCCN2)c1. The molecular weight excluding hydrogens is 309 g/mol. The van der Waals surface area contributed by atoms with E-state index in [9.17, 15) is 4.39 Å². The fourth-order valence-corrected chi connectivity index (χ4v) is 3.16. The van der Waals surface area contributed by atoms with Crippen molar-refractivity contribution in [3.05, 3.63) is 28.0 Å². The van der Waals surface area contributed by atoms with Gasteiger partial charge in [-0.2, -0.15) is 0 Å². The molecule has 0 spiro atoms. The third kappa shape index (κ3) is 3.29. The molecule has 1 saturated heterocycles. The molecule has 1 aromatic rings. The Hall–Kier alpha value is -0.610. The summed E-state index contributed by atoms with van der Waals surface area (Å²) in [6.45, 7) is 1.75. The zero-order valence-electron chi connectivity index (χ0n) is 10.9. The maximum Gasteiger partial charge on any atom is 0.138 e. The van der Waals surface area contributed by atoms with Gasteiger partial charge in [0.15, 0.2) is 0 Å². The molecule has 1 saturated carbocycles. The number of ether oxygens (including phenoxy) is 1. The van der Waals surface area contributed by atoms with Crippen LogP contribution < -0.4 is 10.1 Å². The molecule has 1 heterocycles. The Morgan fingerprint density at radius 3 is 2.79 bits per heavy atom. The van der Waals surface area contributed by atoms with Crippen LogP contribution >= 0.6 is 15.9 Å². The van der Waals surface area contributed by atoms with Gasteiger partial charge in [-0.25, -0.2) is 4.39 Å². The van der Waals surface area contributed by atoms with E-state index in [2.05, 4.69) is 21.2 Å². The number of rotatable bonds is 4. The lowest BCUT2D eigenvalue weighted by atomic mass is 9.96. The van der Waals surface area contributed by atoms with Gasteiger partial charge in [-0.1, -0.05) is 6.42 Å². The molecule has 1 aromatic carbocycles. The molecule has 0 aromatic heterocycles. The molecule has 2 fully saturated rings. The Balaban J connectivity index is 1.85. The van der Waals surface area contributed by atoms with E-state index in [0.29, 0.717) is 5.92 Å². The maximum atomic E-state index is 13.7. The van der Waals surface area contributed by atoms with Crippen molar-refractivity contribution >= 4 is 15.9 Å². The Morgan fingerprint density at radius 1 is 1.26 bits per heavy atom. The molecule has 1 aliphatic carbocycles. The molecular formula is C15H19BrFNO.